The topological polar surface area (TPSA) is 47.3 Å². The van der Waals surface area contributed by atoms with Crippen molar-refractivity contribution in [3.8, 4) is 0 Å². The van der Waals surface area contributed by atoms with E-state index in [0.717, 1.165) is 29.0 Å². The highest BCUT2D eigenvalue weighted by Gasteiger charge is 2.17. The van der Waals surface area contributed by atoms with Gasteiger partial charge in [-0.05, 0) is 24.3 Å². The van der Waals surface area contributed by atoms with Gasteiger partial charge < -0.3 is 4.74 Å². The molecule has 0 spiro atoms. The van der Waals surface area contributed by atoms with Gasteiger partial charge in [-0.2, -0.15) is 0 Å². The van der Waals surface area contributed by atoms with Gasteiger partial charge in [-0.1, -0.05) is 22.0 Å². The number of hydrazine groups is 1. The van der Waals surface area contributed by atoms with Gasteiger partial charge in [0.05, 0.1) is 12.6 Å². The smallest absolute Gasteiger partial charge is 0.111 e. The van der Waals surface area contributed by atoms with Crippen LogP contribution in [0.5, 0.6) is 0 Å². The molecule has 1 aromatic carbocycles. The van der Waals surface area contributed by atoms with Crippen LogP contribution in [0.3, 0.4) is 0 Å². The zero-order chi connectivity index (χ0) is 12.1. The molecule has 92 valence electrons. The Labute approximate surface area is 114 Å². The van der Waals surface area contributed by atoms with Gasteiger partial charge in [-0.3, -0.25) is 5.84 Å². The van der Waals surface area contributed by atoms with Crippen LogP contribution in [0.4, 0.5) is 0 Å². The zero-order valence-electron chi connectivity index (χ0n) is 9.36. The van der Waals surface area contributed by atoms with Crippen molar-refractivity contribution in [3.05, 3.63) is 40.6 Å². The molecule has 0 aromatic heterocycles. The first-order valence-corrected chi connectivity index (χ1v) is 7.25. The van der Waals surface area contributed by atoms with Gasteiger partial charge in [0.2, 0.25) is 0 Å². The normalized spacial score (nSPS) is 16.5. The summed E-state index contributed by atoms with van der Waals surface area (Å²) in [5.74, 6) is 7.38. The molecule has 3 nitrogen and oxygen atoms in total. The number of nitrogens with two attached hydrogens (primary N) is 1. The second-order valence-electron chi connectivity index (χ2n) is 3.73. The molecule has 0 radical (unpaired) electrons. The Balaban J connectivity index is 1.91. The Kier molecular flexibility index (Phi) is 4.91. The molecule has 1 unspecified atom stereocenters. The summed E-state index contributed by atoms with van der Waals surface area (Å²) in [7, 11) is 0. The molecule has 2 rings (SSSR count). The quantitative estimate of drug-likeness (QED) is 0.498. The predicted octanol–water partition coefficient (Wildman–Crippen LogP) is 2.68. The highest BCUT2D eigenvalue weighted by atomic mass is 79.9. The number of thioether (sulfide) groups is 1. The molecule has 0 saturated heterocycles. The highest BCUT2D eigenvalue weighted by molar-refractivity contribution is 9.10. The van der Waals surface area contributed by atoms with E-state index in [4.69, 9.17) is 10.6 Å². The third kappa shape index (κ3) is 3.74. The van der Waals surface area contributed by atoms with Gasteiger partial charge in [0.15, 0.2) is 0 Å². The lowest BCUT2D eigenvalue weighted by Gasteiger charge is -2.16. The standard InChI is InChI=1S/C12H15BrN2OS/c13-9-3-1-4-10(7-9)17-8-11(15-14)12-5-2-6-16-12/h1,3-5,7,11,15H,2,6,8,14H2. The minimum absolute atomic E-state index is 0.0847. The number of halogens is 1. The van der Waals surface area contributed by atoms with E-state index in [1.54, 1.807) is 11.8 Å². The van der Waals surface area contributed by atoms with Crippen LogP contribution in [0.25, 0.3) is 0 Å². The second kappa shape index (κ2) is 6.44. The first-order valence-electron chi connectivity index (χ1n) is 5.47. The number of rotatable bonds is 5. The maximum absolute atomic E-state index is 5.55. The molecule has 5 heteroatoms. The summed E-state index contributed by atoms with van der Waals surface area (Å²) in [5, 5.41) is 0. The van der Waals surface area contributed by atoms with Gasteiger partial charge in [0.25, 0.3) is 0 Å². The van der Waals surface area contributed by atoms with Gasteiger partial charge in [-0.25, -0.2) is 5.43 Å². The average Bonchev–Trinajstić information content (AvgIpc) is 2.84. The van der Waals surface area contributed by atoms with E-state index in [1.165, 1.54) is 4.90 Å². The number of ether oxygens (including phenoxy) is 1. The molecule has 1 heterocycles. The fraction of sp³-hybridized carbons (Fsp3) is 0.333. The van der Waals surface area contributed by atoms with Crippen LogP contribution < -0.4 is 11.3 Å². The molecule has 1 aliphatic rings. The van der Waals surface area contributed by atoms with Crippen LogP contribution >= 0.6 is 27.7 Å². The fourth-order valence-electron chi connectivity index (χ4n) is 1.63. The molecule has 1 aromatic rings. The summed E-state index contributed by atoms with van der Waals surface area (Å²) >= 11 is 5.22. The summed E-state index contributed by atoms with van der Waals surface area (Å²) < 4.78 is 6.61. The molecule has 0 saturated carbocycles. The average molecular weight is 315 g/mol. The molecular formula is C12H15BrN2OS. The van der Waals surface area contributed by atoms with Crippen molar-refractivity contribution in [1.82, 2.24) is 5.43 Å². The van der Waals surface area contributed by atoms with Crippen molar-refractivity contribution in [2.45, 2.75) is 17.4 Å². The molecule has 3 N–H and O–H groups in total. The maximum atomic E-state index is 5.55. The van der Waals surface area contributed by atoms with E-state index in [9.17, 15) is 0 Å². The van der Waals surface area contributed by atoms with Crippen LogP contribution in [0.2, 0.25) is 0 Å². The predicted molar refractivity (Wildman–Crippen MR) is 74.6 cm³/mol. The Hall–Kier alpha value is -0.490. The Morgan fingerprint density at radius 1 is 1.53 bits per heavy atom. The second-order valence-corrected chi connectivity index (χ2v) is 5.74. The lowest BCUT2D eigenvalue weighted by molar-refractivity contribution is 0.220. The van der Waals surface area contributed by atoms with Gasteiger partial charge in [0, 0.05) is 21.5 Å². The number of nitrogens with one attached hydrogen (secondary N) is 1. The lowest BCUT2D eigenvalue weighted by atomic mass is 10.3. The van der Waals surface area contributed by atoms with E-state index in [2.05, 4.69) is 39.6 Å². The van der Waals surface area contributed by atoms with Gasteiger partial charge in [0.1, 0.15) is 5.76 Å². The first kappa shape index (κ1) is 13.0. The van der Waals surface area contributed by atoms with Crippen molar-refractivity contribution in [2.75, 3.05) is 12.4 Å². The monoisotopic (exact) mass is 314 g/mol. The number of hydrogen-bond donors (Lipinski definition) is 2. The Morgan fingerprint density at radius 2 is 2.41 bits per heavy atom. The minimum atomic E-state index is 0.0847. The largest absolute Gasteiger partial charge is 0.496 e. The third-order valence-corrected chi connectivity index (χ3v) is 4.07. The molecule has 1 aliphatic heterocycles. The molecule has 0 aliphatic carbocycles. The minimum Gasteiger partial charge on any atom is -0.496 e. The third-order valence-electron chi connectivity index (χ3n) is 2.49. The molecule has 0 amide bonds. The molecule has 17 heavy (non-hydrogen) atoms. The lowest BCUT2D eigenvalue weighted by Crippen LogP contribution is -2.38. The van der Waals surface area contributed by atoms with Crippen LogP contribution in [-0.4, -0.2) is 18.4 Å². The summed E-state index contributed by atoms with van der Waals surface area (Å²) in [6.07, 6.45) is 3.08. The van der Waals surface area contributed by atoms with Crippen LogP contribution in [0, 0.1) is 0 Å². The summed E-state index contributed by atoms with van der Waals surface area (Å²) in [4.78, 5) is 1.22. The van der Waals surface area contributed by atoms with Crippen molar-refractivity contribution >= 4 is 27.7 Å². The highest BCUT2D eigenvalue weighted by Crippen LogP contribution is 2.25. The van der Waals surface area contributed by atoms with Crippen LogP contribution in [-0.2, 0) is 4.74 Å². The zero-order valence-corrected chi connectivity index (χ0v) is 11.8. The molecular weight excluding hydrogens is 300 g/mol. The van der Waals surface area contributed by atoms with Crippen molar-refractivity contribution < 1.29 is 4.74 Å². The van der Waals surface area contributed by atoms with Crippen molar-refractivity contribution in [3.63, 3.8) is 0 Å². The van der Waals surface area contributed by atoms with E-state index in [1.807, 2.05) is 12.1 Å². The SMILES string of the molecule is NNC(CSc1cccc(Br)c1)C1=CCCO1. The van der Waals surface area contributed by atoms with Crippen molar-refractivity contribution in [1.29, 1.82) is 0 Å². The summed E-state index contributed by atoms with van der Waals surface area (Å²) in [6, 6.07) is 8.32. The Morgan fingerprint density at radius 3 is 3.06 bits per heavy atom. The maximum Gasteiger partial charge on any atom is 0.111 e. The molecule has 0 fully saturated rings. The van der Waals surface area contributed by atoms with E-state index >= 15 is 0 Å². The summed E-state index contributed by atoms with van der Waals surface area (Å²) in [5.41, 5.74) is 2.80. The number of hydrogen-bond acceptors (Lipinski definition) is 4. The van der Waals surface area contributed by atoms with Gasteiger partial charge in [-0.15, -0.1) is 11.8 Å². The van der Waals surface area contributed by atoms with Crippen molar-refractivity contribution in [2.24, 2.45) is 5.84 Å². The molecule has 0 bridgehead atoms. The van der Waals surface area contributed by atoms with Crippen LogP contribution in [0.1, 0.15) is 6.42 Å². The van der Waals surface area contributed by atoms with E-state index in [0.29, 0.717) is 0 Å². The summed E-state index contributed by atoms with van der Waals surface area (Å²) in [6.45, 7) is 0.773. The molecule has 1 atom stereocenters. The Bertz CT molecular complexity index is 411. The fourth-order valence-corrected chi connectivity index (χ4v) is 3.18. The van der Waals surface area contributed by atoms with E-state index < -0.39 is 0 Å². The van der Waals surface area contributed by atoms with Crippen LogP contribution in [0.15, 0.2) is 45.5 Å². The van der Waals surface area contributed by atoms with E-state index in [-0.39, 0.29) is 6.04 Å². The first-order chi connectivity index (χ1) is 8.29. The van der Waals surface area contributed by atoms with Gasteiger partial charge >= 0.3 is 0 Å². The number of benzene rings is 1.